The Hall–Kier alpha value is -2.92. The molecule has 0 saturated carbocycles. The van der Waals surface area contributed by atoms with Gasteiger partial charge in [-0.3, -0.25) is 9.78 Å². The van der Waals surface area contributed by atoms with E-state index >= 15 is 0 Å². The molecule has 0 saturated heterocycles. The van der Waals surface area contributed by atoms with Crippen molar-refractivity contribution in [3.05, 3.63) is 59.3 Å². The molecule has 3 N–H and O–H groups in total. The number of carbonyl (C=O) groups is 1. The van der Waals surface area contributed by atoms with Crippen molar-refractivity contribution in [2.75, 3.05) is 6.61 Å². The minimum absolute atomic E-state index is 0.168. The van der Waals surface area contributed by atoms with Gasteiger partial charge in [-0.15, -0.1) is 0 Å². The van der Waals surface area contributed by atoms with E-state index in [2.05, 4.69) is 45.0 Å². The Balaban J connectivity index is 2.03. The zero-order chi connectivity index (χ0) is 22.4. The maximum absolute atomic E-state index is 10.7. The van der Waals surface area contributed by atoms with Crippen molar-refractivity contribution in [1.29, 1.82) is 0 Å². The van der Waals surface area contributed by atoms with Crippen molar-refractivity contribution < 1.29 is 14.6 Å². The Morgan fingerprint density at radius 3 is 2.52 bits per heavy atom. The molecule has 3 aromatic rings. The van der Waals surface area contributed by atoms with Crippen molar-refractivity contribution in [3.8, 4) is 16.9 Å². The fourth-order valence-corrected chi connectivity index (χ4v) is 3.82. The molecule has 1 heterocycles. The average molecular weight is 421 g/mol. The molecular formula is C26H32N2O3. The van der Waals surface area contributed by atoms with Gasteiger partial charge in [0.15, 0.2) is 0 Å². The first-order valence-corrected chi connectivity index (χ1v) is 11.0. The number of aryl methyl sites for hydroxylation is 1. The van der Waals surface area contributed by atoms with Crippen LogP contribution >= 0.6 is 0 Å². The number of hydrogen-bond acceptors (Lipinski definition) is 4. The van der Waals surface area contributed by atoms with Crippen LogP contribution in [-0.4, -0.2) is 22.7 Å². The summed E-state index contributed by atoms with van der Waals surface area (Å²) in [6.07, 6.45) is 2.36. The summed E-state index contributed by atoms with van der Waals surface area (Å²) in [5, 5.41) is 9.80. The molecule has 164 valence electrons. The number of aliphatic carboxylic acids is 1. The van der Waals surface area contributed by atoms with Gasteiger partial charge in [-0.1, -0.05) is 43.7 Å². The summed E-state index contributed by atoms with van der Waals surface area (Å²) in [6, 6.07) is 14.5. The molecule has 5 heteroatoms. The number of pyridine rings is 1. The second kappa shape index (κ2) is 10.4. The summed E-state index contributed by atoms with van der Waals surface area (Å²) < 4.78 is 5.92. The Morgan fingerprint density at radius 1 is 1.13 bits per heavy atom. The molecule has 0 aliphatic heterocycles. The lowest BCUT2D eigenvalue weighted by molar-refractivity contribution is -0.137. The van der Waals surface area contributed by atoms with E-state index in [4.69, 9.17) is 20.6 Å². The van der Waals surface area contributed by atoms with Crippen LogP contribution in [0, 0.1) is 12.8 Å². The Bertz CT molecular complexity index is 1040. The number of fused-ring (bicyclic) bond motifs is 1. The van der Waals surface area contributed by atoms with E-state index in [9.17, 15) is 4.79 Å². The highest BCUT2D eigenvalue weighted by atomic mass is 16.5. The van der Waals surface area contributed by atoms with Gasteiger partial charge in [0.2, 0.25) is 0 Å². The van der Waals surface area contributed by atoms with Crippen molar-refractivity contribution in [2.45, 2.75) is 53.0 Å². The highest BCUT2D eigenvalue weighted by molar-refractivity contribution is 5.97. The summed E-state index contributed by atoms with van der Waals surface area (Å²) in [5.74, 6) is 0.470. The van der Waals surface area contributed by atoms with Gasteiger partial charge in [0, 0.05) is 24.0 Å². The van der Waals surface area contributed by atoms with E-state index in [1.807, 2.05) is 18.2 Å². The predicted octanol–water partition coefficient (Wildman–Crippen LogP) is 5.50. The largest absolute Gasteiger partial charge is 0.494 e. The van der Waals surface area contributed by atoms with Crippen molar-refractivity contribution in [2.24, 2.45) is 11.7 Å². The molecule has 0 unspecified atom stereocenters. The standard InChI is InChI=1S/C26H32N2O3/c1-17(2)14-24-22(16-27)26(19-9-7-18(3)8-10-19)21-15-20(11-12-23(21)28-24)31-13-5-4-6-25(29)30/h7-12,15,17H,4-6,13-14,16,27H2,1-3H3,(H,29,30). The SMILES string of the molecule is Cc1ccc(-c2c(CN)c(CC(C)C)nc3ccc(OCCCCC(=O)O)cc23)cc1. The highest BCUT2D eigenvalue weighted by Gasteiger charge is 2.17. The second-order valence-electron chi connectivity index (χ2n) is 8.46. The molecule has 0 atom stereocenters. The fraction of sp³-hybridized carbons (Fsp3) is 0.385. The monoisotopic (exact) mass is 420 g/mol. The highest BCUT2D eigenvalue weighted by Crippen LogP contribution is 2.36. The summed E-state index contributed by atoms with van der Waals surface area (Å²) in [6.45, 7) is 7.38. The average Bonchev–Trinajstić information content (AvgIpc) is 2.72. The number of ether oxygens (including phenoxy) is 1. The second-order valence-corrected chi connectivity index (χ2v) is 8.46. The molecule has 0 spiro atoms. The van der Waals surface area contributed by atoms with Crippen LogP contribution in [0.5, 0.6) is 5.75 Å². The third-order valence-electron chi connectivity index (χ3n) is 5.34. The third kappa shape index (κ3) is 5.82. The number of nitrogens with zero attached hydrogens (tertiary/aromatic N) is 1. The van der Waals surface area contributed by atoms with Gasteiger partial charge in [0.25, 0.3) is 0 Å². The zero-order valence-corrected chi connectivity index (χ0v) is 18.6. The number of aromatic nitrogens is 1. The summed E-state index contributed by atoms with van der Waals surface area (Å²) in [4.78, 5) is 15.6. The number of rotatable bonds is 10. The van der Waals surface area contributed by atoms with Crippen LogP contribution in [0.15, 0.2) is 42.5 Å². The third-order valence-corrected chi connectivity index (χ3v) is 5.34. The summed E-state index contributed by atoms with van der Waals surface area (Å²) in [7, 11) is 0. The molecule has 0 aliphatic rings. The van der Waals surface area contributed by atoms with E-state index in [0.717, 1.165) is 45.5 Å². The van der Waals surface area contributed by atoms with Crippen LogP contribution in [0.4, 0.5) is 0 Å². The lowest BCUT2D eigenvalue weighted by Crippen LogP contribution is -2.10. The number of nitrogens with two attached hydrogens (primary N) is 1. The van der Waals surface area contributed by atoms with Crippen LogP contribution < -0.4 is 10.5 Å². The summed E-state index contributed by atoms with van der Waals surface area (Å²) >= 11 is 0. The quantitative estimate of drug-likeness (QED) is 0.423. The van der Waals surface area contributed by atoms with E-state index in [1.165, 1.54) is 5.56 Å². The fourth-order valence-electron chi connectivity index (χ4n) is 3.82. The van der Waals surface area contributed by atoms with Crippen molar-refractivity contribution in [3.63, 3.8) is 0 Å². The number of carboxylic acids is 1. The molecular weight excluding hydrogens is 388 g/mol. The van der Waals surface area contributed by atoms with Gasteiger partial charge in [0.1, 0.15) is 5.75 Å². The molecule has 1 aromatic heterocycles. The minimum atomic E-state index is -0.772. The van der Waals surface area contributed by atoms with Gasteiger partial charge in [-0.2, -0.15) is 0 Å². The van der Waals surface area contributed by atoms with Crippen molar-refractivity contribution >= 4 is 16.9 Å². The number of unbranched alkanes of at least 4 members (excludes halogenated alkanes) is 1. The molecule has 0 amide bonds. The number of hydrogen-bond donors (Lipinski definition) is 2. The van der Waals surface area contributed by atoms with E-state index in [0.29, 0.717) is 31.9 Å². The van der Waals surface area contributed by atoms with Crippen LogP contribution in [0.2, 0.25) is 0 Å². The number of benzene rings is 2. The van der Waals surface area contributed by atoms with Crippen LogP contribution in [0.3, 0.4) is 0 Å². The maximum atomic E-state index is 10.7. The first-order chi connectivity index (χ1) is 14.9. The molecule has 0 fully saturated rings. The molecule has 5 nitrogen and oxygen atoms in total. The van der Waals surface area contributed by atoms with Crippen LogP contribution in [0.25, 0.3) is 22.0 Å². The molecule has 0 radical (unpaired) electrons. The van der Waals surface area contributed by atoms with Crippen LogP contribution in [0.1, 0.15) is 49.9 Å². The van der Waals surface area contributed by atoms with Gasteiger partial charge in [-0.05, 0) is 67.0 Å². The molecule has 2 aromatic carbocycles. The smallest absolute Gasteiger partial charge is 0.303 e. The van der Waals surface area contributed by atoms with E-state index in [-0.39, 0.29) is 6.42 Å². The van der Waals surface area contributed by atoms with Gasteiger partial charge < -0.3 is 15.6 Å². The maximum Gasteiger partial charge on any atom is 0.303 e. The topological polar surface area (TPSA) is 85.4 Å². The molecule has 0 aliphatic carbocycles. The molecule has 0 bridgehead atoms. The first-order valence-electron chi connectivity index (χ1n) is 11.0. The normalized spacial score (nSPS) is 11.3. The van der Waals surface area contributed by atoms with Crippen molar-refractivity contribution in [1.82, 2.24) is 4.98 Å². The van der Waals surface area contributed by atoms with Gasteiger partial charge in [0.05, 0.1) is 12.1 Å². The molecule has 3 rings (SSSR count). The van der Waals surface area contributed by atoms with Crippen LogP contribution in [-0.2, 0) is 17.8 Å². The minimum Gasteiger partial charge on any atom is -0.494 e. The van der Waals surface area contributed by atoms with Gasteiger partial charge in [-0.25, -0.2) is 0 Å². The Kier molecular flexibility index (Phi) is 7.64. The summed E-state index contributed by atoms with van der Waals surface area (Å²) in [5.41, 5.74) is 12.8. The van der Waals surface area contributed by atoms with Gasteiger partial charge >= 0.3 is 5.97 Å². The Labute approximate surface area is 184 Å². The lowest BCUT2D eigenvalue weighted by Gasteiger charge is -2.18. The predicted molar refractivity (Wildman–Crippen MR) is 125 cm³/mol. The first kappa shape index (κ1) is 22.8. The zero-order valence-electron chi connectivity index (χ0n) is 18.6. The number of carboxylic acid groups (broad SMARTS) is 1. The lowest BCUT2D eigenvalue weighted by atomic mass is 9.91. The molecule has 31 heavy (non-hydrogen) atoms. The Morgan fingerprint density at radius 2 is 1.87 bits per heavy atom. The van der Waals surface area contributed by atoms with E-state index in [1.54, 1.807) is 0 Å². The van der Waals surface area contributed by atoms with E-state index < -0.39 is 5.97 Å².